The van der Waals surface area contributed by atoms with Gasteiger partial charge in [-0.2, -0.15) is 0 Å². The smallest absolute Gasteiger partial charge is 0.408 e. The molecule has 3 aromatic carbocycles. The molecule has 0 fully saturated rings. The maximum Gasteiger partial charge on any atom is 0.408 e. The van der Waals surface area contributed by atoms with Gasteiger partial charge in [-0.05, 0) is 48.6 Å². The van der Waals surface area contributed by atoms with E-state index in [1.54, 1.807) is 36.4 Å². The highest BCUT2D eigenvalue weighted by Gasteiger charge is 2.33. The number of carbonyl (C=O) groups excluding carboxylic acids is 8. The van der Waals surface area contributed by atoms with Crippen LogP contribution in [0.1, 0.15) is 55.3 Å². The van der Waals surface area contributed by atoms with Crippen molar-refractivity contribution in [2.75, 3.05) is 13.2 Å². The number of aliphatic carboxylic acids is 2. The van der Waals surface area contributed by atoms with E-state index in [4.69, 9.17) is 15.6 Å². The summed E-state index contributed by atoms with van der Waals surface area (Å²) >= 11 is 0. The van der Waals surface area contributed by atoms with Crippen LogP contribution in [0.4, 0.5) is 4.79 Å². The molecule has 0 spiro atoms. The van der Waals surface area contributed by atoms with E-state index in [1.165, 1.54) is 55.5 Å². The number of alkyl carbamates (subject to hydrolysis) is 1. The van der Waals surface area contributed by atoms with Gasteiger partial charge < -0.3 is 68.1 Å². The summed E-state index contributed by atoms with van der Waals surface area (Å²) in [5.41, 5.74) is 6.65. The van der Waals surface area contributed by atoms with Gasteiger partial charge in [0.1, 0.15) is 48.6 Å². The molecule has 0 aliphatic heterocycles. The van der Waals surface area contributed by atoms with E-state index in [-0.39, 0.29) is 30.8 Å². The Bertz CT molecular complexity index is 2180. The summed E-state index contributed by atoms with van der Waals surface area (Å²) in [7, 11) is 0. The predicted octanol–water partition coefficient (Wildman–Crippen LogP) is -1.63. The highest BCUT2D eigenvalue weighted by molar-refractivity contribution is 5.97. The van der Waals surface area contributed by atoms with Crippen molar-refractivity contribution in [1.82, 2.24) is 37.2 Å². The summed E-state index contributed by atoms with van der Waals surface area (Å²) < 4.78 is 5.07. The van der Waals surface area contributed by atoms with Crippen LogP contribution in [0, 0.1) is 0 Å². The third-order valence-corrected chi connectivity index (χ3v) is 9.48. The van der Waals surface area contributed by atoms with Crippen molar-refractivity contribution in [2.24, 2.45) is 5.73 Å². The van der Waals surface area contributed by atoms with Crippen LogP contribution in [0.15, 0.2) is 84.9 Å². The topological polar surface area (TPSA) is 371 Å². The van der Waals surface area contributed by atoms with Gasteiger partial charge >= 0.3 is 18.0 Å². The van der Waals surface area contributed by atoms with Crippen molar-refractivity contribution < 1.29 is 73.1 Å². The molecular formula is C43H52N8O15. The zero-order valence-corrected chi connectivity index (χ0v) is 35.6. The van der Waals surface area contributed by atoms with Crippen molar-refractivity contribution in [3.63, 3.8) is 0 Å². The highest BCUT2D eigenvalue weighted by Crippen LogP contribution is 2.16. The van der Waals surface area contributed by atoms with Crippen LogP contribution in [-0.2, 0) is 60.9 Å². The molecule has 0 bridgehead atoms. The van der Waals surface area contributed by atoms with E-state index in [2.05, 4.69) is 37.2 Å². The molecule has 0 unspecified atom stereocenters. The number of carboxylic acids is 2. The van der Waals surface area contributed by atoms with E-state index in [0.717, 1.165) is 0 Å². The van der Waals surface area contributed by atoms with Crippen LogP contribution in [0.5, 0.6) is 5.75 Å². The van der Waals surface area contributed by atoms with Gasteiger partial charge in [-0.3, -0.25) is 43.2 Å². The average Bonchev–Trinajstić information content (AvgIpc) is 3.29. The molecule has 0 saturated heterocycles. The molecule has 0 aliphatic carbocycles. The standard InChI is InChI=1S/C43H52N8O15/c1-24(46-43(65)66-23-26-8-4-2-5-9-26)38(60)45-21-33(54)47-30(17-19-35(57)58)39(61)50-32(22-52)41(63)51-36(27-10-6-3-7-11-27)42(64)49-31(20-25-12-14-28(53)15-13-25)40(62)48-29(37(44)59)16-18-34(55)56/h2-15,24,29-32,36,52-53H,16-23H2,1H3,(H2,44,59)(H,45,60)(H,46,65)(H,47,54)(H,48,62)(H,49,64)(H,50,61)(H,51,63)(H,55,56)(H,57,58)/t24-,29-,30-,31-,32-,36-/m0/s1. The maximum atomic E-state index is 14.0. The summed E-state index contributed by atoms with van der Waals surface area (Å²) in [4.78, 5) is 127. The Labute approximate surface area is 377 Å². The van der Waals surface area contributed by atoms with Gasteiger partial charge in [-0.25, -0.2) is 4.79 Å². The average molecular weight is 921 g/mol. The fourth-order valence-corrected chi connectivity index (χ4v) is 5.92. The molecule has 0 heterocycles. The quantitative estimate of drug-likeness (QED) is 0.0430. The molecule has 0 aliphatic rings. The number of nitrogens with two attached hydrogens (primary N) is 1. The molecule has 8 amide bonds. The zero-order chi connectivity index (χ0) is 48.8. The Hall–Kier alpha value is -8.08. The number of carbonyl (C=O) groups is 10. The first-order valence-electron chi connectivity index (χ1n) is 20.3. The third kappa shape index (κ3) is 18.3. The second kappa shape index (κ2) is 26.5. The molecule has 0 saturated carbocycles. The van der Waals surface area contributed by atoms with Crippen molar-refractivity contribution in [1.29, 1.82) is 0 Å². The molecule has 23 nitrogen and oxygen atoms in total. The first kappa shape index (κ1) is 52.3. The number of amides is 8. The lowest BCUT2D eigenvalue weighted by atomic mass is 10.0. The van der Waals surface area contributed by atoms with Gasteiger partial charge in [0, 0.05) is 19.3 Å². The van der Waals surface area contributed by atoms with E-state index >= 15 is 0 Å². The van der Waals surface area contributed by atoms with E-state index in [9.17, 15) is 63.3 Å². The molecule has 23 heteroatoms. The van der Waals surface area contributed by atoms with Gasteiger partial charge in [0.15, 0.2) is 0 Å². The number of benzene rings is 3. The Morgan fingerprint density at radius 3 is 1.70 bits per heavy atom. The van der Waals surface area contributed by atoms with E-state index in [0.29, 0.717) is 11.1 Å². The first-order valence-corrected chi connectivity index (χ1v) is 20.3. The lowest BCUT2D eigenvalue weighted by Gasteiger charge is -2.27. The van der Waals surface area contributed by atoms with E-state index in [1.807, 2.05) is 0 Å². The van der Waals surface area contributed by atoms with Crippen LogP contribution in [-0.4, -0.2) is 123 Å². The highest BCUT2D eigenvalue weighted by atomic mass is 16.5. The van der Waals surface area contributed by atoms with Crippen molar-refractivity contribution >= 4 is 59.4 Å². The Morgan fingerprint density at radius 1 is 0.591 bits per heavy atom. The van der Waals surface area contributed by atoms with Crippen LogP contribution in [0.25, 0.3) is 0 Å². The maximum absolute atomic E-state index is 14.0. The summed E-state index contributed by atoms with van der Waals surface area (Å²) in [6, 6.07) is 12.5. The summed E-state index contributed by atoms with van der Waals surface area (Å²) in [5, 5.41) is 54.7. The minimum atomic E-state index is -1.82. The fourth-order valence-electron chi connectivity index (χ4n) is 5.92. The SMILES string of the molecule is C[C@H](NC(=O)OCc1ccccc1)C(=O)NCC(=O)N[C@@H](CCC(=O)O)C(=O)N[C@@H](CO)C(=O)N[C@H](C(=O)N[C@@H](Cc1ccc(O)cc1)C(=O)N[C@@H](CCC(=O)O)C(N)=O)c1ccccc1. The zero-order valence-electron chi connectivity index (χ0n) is 35.6. The largest absolute Gasteiger partial charge is 0.508 e. The molecule has 13 N–H and O–H groups in total. The molecule has 3 rings (SSSR count). The van der Waals surface area contributed by atoms with Crippen molar-refractivity contribution in [2.45, 2.75) is 81.9 Å². The normalized spacial score (nSPS) is 13.4. The minimum Gasteiger partial charge on any atom is -0.508 e. The molecule has 0 aromatic heterocycles. The first-order chi connectivity index (χ1) is 31.4. The van der Waals surface area contributed by atoms with Crippen LogP contribution >= 0.6 is 0 Å². The monoisotopic (exact) mass is 920 g/mol. The molecule has 354 valence electrons. The van der Waals surface area contributed by atoms with Crippen LogP contribution in [0.2, 0.25) is 0 Å². The summed E-state index contributed by atoms with van der Waals surface area (Å²) in [6.45, 7) is -0.579. The van der Waals surface area contributed by atoms with Crippen molar-refractivity contribution in [3.8, 4) is 5.75 Å². The molecule has 0 radical (unpaired) electrons. The van der Waals surface area contributed by atoms with Gasteiger partial charge in [-0.15, -0.1) is 0 Å². The van der Waals surface area contributed by atoms with Gasteiger partial charge in [0.25, 0.3) is 0 Å². The number of carboxylic acid groups (broad SMARTS) is 2. The van der Waals surface area contributed by atoms with Crippen LogP contribution < -0.4 is 43.0 Å². The predicted molar refractivity (Wildman–Crippen MR) is 229 cm³/mol. The number of hydrogen-bond donors (Lipinski definition) is 12. The fraction of sp³-hybridized carbons (Fsp3) is 0.349. The number of phenols is 1. The summed E-state index contributed by atoms with van der Waals surface area (Å²) in [5.74, 6) is -9.87. The third-order valence-electron chi connectivity index (χ3n) is 9.48. The van der Waals surface area contributed by atoms with Crippen molar-refractivity contribution in [3.05, 3.63) is 102 Å². The number of primary amides is 1. The Balaban J connectivity index is 1.73. The number of ether oxygens (including phenoxy) is 1. The second-order valence-electron chi connectivity index (χ2n) is 14.6. The van der Waals surface area contributed by atoms with Gasteiger partial charge in [-0.1, -0.05) is 72.8 Å². The number of nitrogens with one attached hydrogen (secondary N) is 7. The number of aliphatic hydroxyl groups is 1. The number of hydrogen-bond acceptors (Lipinski definition) is 13. The Kier molecular flexibility index (Phi) is 21.0. The number of rotatable bonds is 26. The molecule has 66 heavy (non-hydrogen) atoms. The Morgan fingerprint density at radius 2 is 1.12 bits per heavy atom. The minimum absolute atomic E-state index is 0.0739. The van der Waals surface area contributed by atoms with Crippen LogP contribution in [0.3, 0.4) is 0 Å². The van der Waals surface area contributed by atoms with Gasteiger partial charge in [0.05, 0.1) is 13.2 Å². The van der Waals surface area contributed by atoms with E-state index < -0.39 is 128 Å². The lowest BCUT2D eigenvalue weighted by molar-refractivity contribution is -0.139. The number of aromatic hydroxyl groups is 1. The second-order valence-corrected chi connectivity index (χ2v) is 14.6. The molecule has 6 atom stereocenters. The van der Waals surface area contributed by atoms with Gasteiger partial charge in [0.2, 0.25) is 41.4 Å². The molecule has 3 aromatic rings. The summed E-state index contributed by atoms with van der Waals surface area (Å²) in [6.07, 6.45) is -3.25. The molecular weight excluding hydrogens is 869 g/mol. The lowest BCUT2D eigenvalue weighted by Crippen LogP contribution is -2.58. The number of aliphatic hydroxyl groups excluding tert-OH is 1. The number of phenolic OH excluding ortho intramolecular Hbond substituents is 1.